The minimum Gasteiger partial charge on any atom is -0.493 e. The number of amides is 1. The van der Waals surface area contributed by atoms with Crippen LogP contribution in [0.1, 0.15) is 16.7 Å². The van der Waals surface area contributed by atoms with Crippen molar-refractivity contribution in [1.29, 1.82) is 5.26 Å². The molecule has 0 saturated carbocycles. The number of methoxy groups -OCH3 is 1. The highest BCUT2D eigenvalue weighted by molar-refractivity contribution is 9.10. The lowest BCUT2D eigenvalue weighted by Crippen LogP contribution is -2.23. The number of nitriles is 1. The summed E-state index contributed by atoms with van der Waals surface area (Å²) < 4.78 is 12.2. The summed E-state index contributed by atoms with van der Waals surface area (Å²) in [6.07, 6.45) is 1.79. The van der Waals surface area contributed by atoms with Crippen LogP contribution in [0.3, 0.4) is 0 Å². The Morgan fingerprint density at radius 1 is 1.17 bits per heavy atom. The predicted octanol–water partition coefficient (Wildman–Crippen LogP) is 6.80. The minimum atomic E-state index is -0.149. The van der Waals surface area contributed by atoms with Gasteiger partial charge in [-0.15, -0.1) is 0 Å². The molecular weight excluding hydrogens is 550 g/mol. The predicted molar refractivity (Wildman–Crippen MR) is 143 cm³/mol. The van der Waals surface area contributed by atoms with Crippen molar-refractivity contribution >= 4 is 62.1 Å². The number of amidine groups is 1. The van der Waals surface area contributed by atoms with Crippen LogP contribution in [-0.4, -0.2) is 30.1 Å². The van der Waals surface area contributed by atoms with Crippen molar-refractivity contribution in [3.8, 4) is 17.6 Å². The Bertz CT molecular complexity index is 1400. The van der Waals surface area contributed by atoms with Crippen LogP contribution in [0.4, 0.5) is 5.69 Å². The summed E-state index contributed by atoms with van der Waals surface area (Å²) in [5.41, 5.74) is 2.79. The second kappa shape index (κ2) is 11.0. The molecule has 9 heteroatoms. The van der Waals surface area contributed by atoms with E-state index in [0.29, 0.717) is 37.8 Å². The molecule has 35 heavy (non-hydrogen) atoms. The molecule has 3 aromatic rings. The maximum Gasteiger partial charge on any atom is 0.266 e. The number of thioether (sulfide) groups is 1. The van der Waals surface area contributed by atoms with Crippen LogP contribution < -0.4 is 9.47 Å². The van der Waals surface area contributed by atoms with Crippen LogP contribution in [-0.2, 0) is 11.4 Å². The van der Waals surface area contributed by atoms with Gasteiger partial charge in [0.1, 0.15) is 6.61 Å². The lowest BCUT2D eigenvalue weighted by Gasteiger charge is -2.12. The van der Waals surface area contributed by atoms with Gasteiger partial charge < -0.3 is 9.47 Å². The first-order valence-corrected chi connectivity index (χ1v) is 12.4. The van der Waals surface area contributed by atoms with E-state index in [0.717, 1.165) is 15.6 Å². The Labute approximate surface area is 220 Å². The number of likely N-dealkylation sites (N-methyl/N-ethyl adjacent to an activating group) is 1. The quantitative estimate of drug-likeness (QED) is 0.306. The van der Waals surface area contributed by atoms with Gasteiger partial charge in [0.25, 0.3) is 5.91 Å². The monoisotopic (exact) mass is 567 g/mol. The third-order valence-corrected chi connectivity index (χ3v) is 7.43. The summed E-state index contributed by atoms with van der Waals surface area (Å²) in [6, 6.07) is 20.2. The van der Waals surface area contributed by atoms with Gasteiger partial charge in [-0.3, -0.25) is 9.69 Å². The topological polar surface area (TPSA) is 74.9 Å². The van der Waals surface area contributed by atoms with Crippen molar-refractivity contribution in [1.82, 2.24) is 4.90 Å². The number of carbonyl (C=O) groups is 1. The van der Waals surface area contributed by atoms with Gasteiger partial charge in [0, 0.05) is 17.1 Å². The van der Waals surface area contributed by atoms with E-state index < -0.39 is 0 Å². The number of ether oxygens (including phenoxy) is 2. The summed E-state index contributed by atoms with van der Waals surface area (Å²) in [6.45, 7) is 0.236. The van der Waals surface area contributed by atoms with E-state index >= 15 is 0 Å². The Kier molecular flexibility index (Phi) is 7.81. The zero-order chi connectivity index (χ0) is 24.9. The smallest absolute Gasteiger partial charge is 0.266 e. The maximum absolute atomic E-state index is 12.8. The second-order valence-electron chi connectivity index (χ2n) is 7.44. The van der Waals surface area contributed by atoms with Crippen LogP contribution in [0.15, 0.2) is 75.0 Å². The summed E-state index contributed by atoms with van der Waals surface area (Å²) in [7, 11) is 3.24. The standard InChI is InChI=1S/C26H19BrClN3O3S/c1-31-25(32)24(35-26(31)30-19-8-9-20(27)21(28)13-19)12-16-7-10-22(23(11-16)33-2)34-15-18-6-4-3-5-17(18)14-29/h3-13H,15H2,1-2H3/b24-12-,30-26?. The molecule has 1 fully saturated rings. The van der Waals surface area contributed by atoms with Crippen LogP contribution in [0.25, 0.3) is 6.08 Å². The Balaban J connectivity index is 1.54. The number of carbonyl (C=O) groups excluding carboxylic acids is 1. The molecule has 1 aliphatic heterocycles. The van der Waals surface area contributed by atoms with Gasteiger partial charge in [-0.2, -0.15) is 5.26 Å². The number of hydrogen-bond acceptors (Lipinski definition) is 6. The zero-order valence-corrected chi connectivity index (χ0v) is 21.9. The summed E-state index contributed by atoms with van der Waals surface area (Å²) >= 11 is 10.8. The molecule has 0 aromatic heterocycles. The van der Waals surface area contributed by atoms with Gasteiger partial charge in [0.15, 0.2) is 16.7 Å². The highest BCUT2D eigenvalue weighted by atomic mass is 79.9. The molecule has 4 rings (SSSR count). The van der Waals surface area contributed by atoms with Gasteiger partial charge >= 0.3 is 0 Å². The van der Waals surface area contributed by atoms with Gasteiger partial charge in [-0.25, -0.2) is 4.99 Å². The third kappa shape index (κ3) is 5.70. The number of hydrogen-bond donors (Lipinski definition) is 0. The van der Waals surface area contributed by atoms with Gasteiger partial charge in [0.2, 0.25) is 0 Å². The molecule has 176 valence electrons. The van der Waals surface area contributed by atoms with Gasteiger partial charge in [0.05, 0.1) is 34.4 Å². The Morgan fingerprint density at radius 2 is 1.97 bits per heavy atom. The summed E-state index contributed by atoms with van der Waals surface area (Å²) in [5.74, 6) is 0.916. The molecule has 1 aliphatic rings. The molecule has 0 aliphatic carbocycles. The minimum absolute atomic E-state index is 0.149. The average Bonchev–Trinajstić information content (AvgIpc) is 3.13. The maximum atomic E-state index is 12.8. The lowest BCUT2D eigenvalue weighted by atomic mass is 10.1. The molecule has 3 aromatic carbocycles. The van der Waals surface area contributed by atoms with Crippen molar-refractivity contribution in [2.24, 2.45) is 4.99 Å². The molecule has 0 bridgehead atoms. The van der Waals surface area contributed by atoms with Crippen molar-refractivity contribution in [3.05, 3.63) is 91.8 Å². The van der Waals surface area contributed by atoms with E-state index in [1.54, 1.807) is 44.5 Å². The van der Waals surface area contributed by atoms with E-state index in [-0.39, 0.29) is 12.5 Å². The highest BCUT2D eigenvalue weighted by Gasteiger charge is 2.30. The van der Waals surface area contributed by atoms with Crippen molar-refractivity contribution < 1.29 is 14.3 Å². The van der Waals surface area contributed by atoms with Crippen LogP contribution in [0.5, 0.6) is 11.5 Å². The molecular formula is C26H19BrClN3O3S. The number of aliphatic imine (C=N–C) groups is 1. The first kappa shape index (κ1) is 24.9. The largest absolute Gasteiger partial charge is 0.493 e. The van der Waals surface area contributed by atoms with E-state index in [4.69, 9.17) is 21.1 Å². The third-order valence-electron chi connectivity index (χ3n) is 5.14. The summed E-state index contributed by atoms with van der Waals surface area (Å²) in [4.78, 5) is 19.4. The molecule has 1 amide bonds. The lowest BCUT2D eigenvalue weighted by molar-refractivity contribution is -0.121. The number of nitrogens with zero attached hydrogens (tertiary/aromatic N) is 3. The van der Waals surface area contributed by atoms with Gasteiger partial charge in [-0.1, -0.05) is 35.9 Å². The fourth-order valence-electron chi connectivity index (χ4n) is 3.27. The molecule has 0 radical (unpaired) electrons. The fraction of sp³-hybridized carbons (Fsp3) is 0.115. The number of rotatable bonds is 6. The van der Waals surface area contributed by atoms with E-state index in [9.17, 15) is 10.1 Å². The second-order valence-corrected chi connectivity index (χ2v) is 9.71. The van der Waals surface area contributed by atoms with Crippen molar-refractivity contribution in [3.63, 3.8) is 0 Å². The Morgan fingerprint density at radius 3 is 2.71 bits per heavy atom. The number of halogens is 2. The van der Waals surface area contributed by atoms with Crippen LogP contribution in [0, 0.1) is 11.3 Å². The van der Waals surface area contributed by atoms with Crippen LogP contribution in [0.2, 0.25) is 5.02 Å². The zero-order valence-electron chi connectivity index (χ0n) is 18.8. The van der Waals surface area contributed by atoms with E-state index in [1.807, 2.05) is 36.4 Å². The van der Waals surface area contributed by atoms with E-state index in [1.165, 1.54) is 16.7 Å². The van der Waals surface area contributed by atoms with Crippen molar-refractivity contribution in [2.45, 2.75) is 6.61 Å². The SMILES string of the molecule is COc1cc(/C=C2\SC(=Nc3ccc(Br)c(Cl)c3)N(C)C2=O)ccc1OCc1ccccc1C#N. The highest BCUT2D eigenvalue weighted by Crippen LogP contribution is 2.36. The first-order valence-electron chi connectivity index (χ1n) is 10.4. The molecule has 0 atom stereocenters. The Hall–Kier alpha value is -3.25. The molecule has 6 nitrogen and oxygen atoms in total. The molecule has 1 saturated heterocycles. The van der Waals surface area contributed by atoms with Gasteiger partial charge in [-0.05, 0) is 75.7 Å². The molecule has 1 heterocycles. The normalized spacial score (nSPS) is 15.5. The first-order chi connectivity index (χ1) is 16.9. The van der Waals surface area contributed by atoms with Crippen molar-refractivity contribution in [2.75, 3.05) is 14.2 Å². The van der Waals surface area contributed by atoms with Crippen LogP contribution >= 0.6 is 39.3 Å². The molecule has 0 N–H and O–H groups in total. The summed E-state index contributed by atoms with van der Waals surface area (Å²) in [5, 5.41) is 10.4. The average molecular weight is 569 g/mol. The fourth-order valence-corrected chi connectivity index (χ4v) is 4.68. The molecule has 0 unspecified atom stereocenters. The molecule has 0 spiro atoms. The number of benzene rings is 3. The van der Waals surface area contributed by atoms with E-state index in [2.05, 4.69) is 27.0 Å².